The van der Waals surface area contributed by atoms with E-state index in [1.54, 1.807) is 0 Å². The van der Waals surface area contributed by atoms with E-state index in [2.05, 4.69) is 4.74 Å². The summed E-state index contributed by atoms with van der Waals surface area (Å²) in [6, 6.07) is 9.70. The first-order valence-corrected chi connectivity index (χ1v) is 4.42. The number of benzene rings is 1. The number of methoxy groups -OCH3 is 2. The number of carbonyl (C=O) groups excluding carboxylic acids is 1. The molecule has 0 unspecified atom stereocenters. The lowest BCUT2D eigenvalue weighted by molar-refractivity contribution is -0.152. The molecule has 0 saturated heterocycles. The molecular weight excluding hydrogens is 180 g/mol. The van der Waals surface area contributed by atoms with Crippen molar-refractivity contribution in [3.63, 3.8) is 0 Å². The van der Waals surface area contributed by atoms with Gasteiger partial charge < -0.3 is 9.47 Å². The molecule has 1 atom stereocenters. The lowest BCUT2D eigenvalue weighted by Crippen LogP contribution is -2.26. The molecule has 0 saturated carbocycles. The number of hydrogen-bond donors (Lipinski definition) is 0. The molecular formula is C11H14O3. The van der Waals surface area contributed by atoms with Gasteiger partial charge in [0.1, 0.15) is 0 Å². The number of hydrogen-bond acceptors (Lipinski definition) is 3. The van der Waals surface area contributed by atoms with E-state index in [4.69, 9.17) is 4.74 Å². The first kappa shape index (κ1) is 10.7. The molecule has 0 radical (unpaired) electrons. The van der Waals surface area contributed by atoms with Crippen molar-refractivity contribution in [3.05, 3.63) is 35.9 Å². The highest BCUT2D eigenvalue weighted by atomic mass is 16.6. The second kappa shape index (κ2) is 5.40. The molecule has 0 heterocycles. The van der Waals surface area contributed by atoms with E-state index in [-0.39, 0.29) is 5.97 Å². The maximum atomic E-state index is 11.2. The Morgan fingerprint density at radius 1 is 1.29 bits per heavy atom. The van der Waals surface area contributed by atoms with Gasteiger partial charge in [0.2, 0.25) is 0 Å². The fraction of sp³-hybridized carbons (Fsp3) is 0.364. The highest BCUT2D eigenvalue weighted by molar-refractivity contribution is 5.74. The van der Waals surface area contributed by atoms with Crippen LogP contribution in [0.3, 0.4) is 0 Å². The molecule has 0 aliphatic heterocycles. The molecule has 0 N–H and O–H groups in total. The Bertz CT molecular complexity index is 282. The van der Waals surface area contributed by atoms with Crippen molar-refractivity contribution in [2.24, 2.45) is 0 Å². The first-order chi connectivity index (χ1) is 6.77. The van der Waals surface area contributed by atoms with Gasteiger partial charge in [-0.05, 0) is 5.56 Å². The van der Waals surface area contributed by atoms with Crippen LogP contribution in [0.2, 0.25) is 0 Å². The van der Waals surface area contributed by atoms with Gasteiger partial charge in [-0.15, -0.1) is 0 Å². The standard InChI is InChI=1S/C11H14O3/c1-13-10(11(12)14-2)8-9-6-4-3-5-7-9/h3-7,10H,8H2,1-2H3/t10-/m1/s1. The SMILES string of the molecule is COC(=O)[C@@H](Cc1ccccc1)OC. The third-order valence-corrected chi connectivity index (χ3v) is 2.01. The molecule has 1 rings (SSSR count). The normalized spacial score (nSPS) is 12.1. The van der Waals surface area contributed by atoms with Crippen molar-refractivity contribution in [2.45, 2.75) is 12.5 Å². The van der Waals surface area contributed by atoms with Gasteiger partial charge in [0, 0.05) is 13.5 Å². The van der Waals surface area contributed by atoms with E-state index in [0.29, 0.717) is 6.42 Å². The molecule has 0 bridgehead atoms. The zero-order chi connectivity index (χ0) is 10.4. The summed E-state index contributed by atoms with van der Waals surface area (Å²) >= 11 is 0. The van der Waals surface area contributed by atoms with Crippen LogP contribution in [0.5, 0.6) is 0 Å². The summed E-state index contributed by atoms with van der Waals surface area (Å²) in [6.45, 7) is 0. The maximum Gasteiger partial charge on any atom is 0.335 e. The summed E-state index contributed by atoms with van der Waals surface area (Å²) in [7, 11) is 2.86. The molecule has 0 amide bonds. The van der Waals surface area contributed by atoms with Crippen LogP contribution in [-0.4, -0.2) is 26.3 Å². The van der Waals surface area contributed by atoms with Gasteiger partial charge in [-0.25, -0.2) is 4.79 Å². The molecule has 0 aliphatic carbocycles. The fourth-order valence-electron chi connectivity index (χ4n) is 1.22. The van der Waals surface area contributed by atoms with Gasteiger partial charge in [0.25, 0.3) is 0 Å². The number of carbonyl (C=O) groups is 1. The lowest BCUT2D eigenvalue weighted by Gasteiger charge is -2.12. The minimum atomic E-state index is -0.512. The third kappa shape index (κ3) is 2.85. The Morgan fingerprint density at radius 2 is 1.93 bits per heavy atom. The summed E-state index contributed by atoms with van der Waals surface area (Å²) in [5.41, 5.74) is 1.06. The minimum absolute atomic E-state index is 0.337. The zero-order valence-corrected chi connectivity index (χ0v) is 8.40. The van der Waals surface area contributed by atoms with Crippen molar-refractivity contribution in [2.75, 3.05) is 14.2 Å². The number of ether oxygens (including phenoxy) is 2. The average molecular weight is 194 g/mol. The van der Waals surface area contributed by atoms with Crippen molar-refractivity contribution in [3.8, 4) is 0 Å². The molecule has 0 aromatic heterocycles. The van der Waals surface area contributed by atoms with Gasteiger partial charge >= 0.3 is 5.97 Å². The van der Waals surface area contributed by atoms with Crippen LogP contribution >= 0.6 is 0 Å². The number of esters is 1. The van der Waals surface area contributed by atoms with E-state index >= 15 is 0 Å². The van der Waals surface area contributed by atoms with E-state index in [0.717, 1.165) is 5.56 Å². The van der Waals surface area contributed by atoms with Crippen LogP contribution in [0.25, 0.3) is 0 Å². The summed E-state index contributed by atoms with van der Waals surface area (Å²) in [5, 5.41) is 0. The van der Waals surface area contributed by atoms with Gasteiger partial charge in [-0.2, -0.15) is 0 Å². The molecule has 0 aliphatic rings. The summed E-state index contributed by atoms with van der Waals surface area (Å²) in [4.78, 5) is 11.2. The second-order valence-corrected chi connectivity index (χ2v) is 2.94. The predicted octanol–water partition coefficient (Wildman–Crippen LogP) is 1.42. The molecule has 3 heteroatoms. The third-order valence-electron chi connectivity index (χ3n) is 2.01. The van der Waals surface area contributed by atoms with E-state index in [9.17, 15) is 4.79 Å². The lowest BCUT2D eigenvalue weighted by atomic mass is 10.1. The van der Waals surface area contributed by atoms with Crippen molar-refractivity contribution >= 4 is 5.97 Å². The van der Waals surface area contributed by atoms with Crippen molar-refractivity contribution < 1.29 is 14.3 Å². The minimum Gasteiger partial charge on any atom is -0.467 e. The average Bonchev–Trinajstić information content (AvgIpc) is 2.26. The quantitative estimate of drug-likeness (QED) is 0.680. The second-order valence-electron chi connectivity index (χ2n) is 2.94. The van der Waals surface area contributed by atoms with Crippen LogP contribution in [0.15, 0.2) is 30.3 Å². The Labute approximate surface area is 83.6 Å². The Hall–Kier alpha value is -1.35. The molecule has 76 valence electrons. The molecule has 0 fully saturated rings. The van der Waals surface area contributed by atoms with Gasteiger partial charge in [-0.1, -0.05) is 30.3 Å². The van der Waals surface area contributed by atoms with Crippen LogP contribution in [0, 0.1) is 0 Å². The first-order valence-electron chi connectivity index (χ1n) is 4.42. The molecule has 0 spiro atoms. The fourth-order valence-corrected chi connectivity index (χ4v) is 1.22. The Balaban J connectivity index is 2.62. The van der Waals surface area contributed by atoms with Crippen LogP contribution < -0.4 is 0 Å². The Morgan fingerprint density at radius 3 is 2.43 bits per heavy atom. The monoisotopic (exact) mass is 194 g/mol. The summed E-state index contributed by atoms with van der Waals surface area (Å²) in [6.07, 6.45) is 0.0340. The van der Waals surface area contributed by atoms with Crippen molar-refractivity contribution in [1.29, 1.82) is 0 Å². The summed E-state index contributed by atoms with van der Waals surface area (Å²) < 4.78 is 9.64. The largest absolute Gasteiger partial charge is 0.467 e. The van der Waals surface area contributed by atoms with Gasteiger partial charge in [-0.3, -0.25) is 0 Å². The molecule has 1 aromatic rings. The van der Waals surface area contributed by atoms with Crippen LogP contribution in [-0.2, 0) is 20.7 Å². The van der Waals surface area contributed by atoms with Crippen LogP contribution in [0.4, 0.5) is 0 Å². The van der Waals surface area contributed by atoms with E-state index in [1.807, 2.05) is 30.3 Å². The molecule has 3 nitrogen and oxygen atoms in total. The highest BCUT2D eigenvalue weighted by Crippen LogP contribution is 2.06. The summed E-state index contributed by atoms with van der Waals surface area (Å²) in [5.74, 6) is -0.337. The Kier molecular flexibility index (Phi) is 4.13. The molecule has 14 heavy (non-hydrogen) atoms. The topological polar surface area (TPSA) is 35.5 Å². The smallest absolute Gasteiger partial charge is 0.335 e. The van der Waals surface area contributed by atoms with E-state index in [1.165, 1.54) is 14.2 Å². The van der Waals surface area contributed by atoms with Gasteiger partial charge in [0.05, 0.1) is 7.11 Å². The van der Waals surface area contributed by atoms with Crippen LogP contribution in [0.1, 0.15) is 5.56 Å². The molecule has 1 aromatic carbocycles. The maximum absolute atomic E-state index is 11.2. The van der Waals surface area contributed by atoms with Crippen molar-refractivity contribution in [1.82, 2.24) is 0 Å². The predicted molar refractivity (Wildman–Crippen MR) is 53.0 cm³/mol. The van der Waals surface area contributed by atoms with Gasteiger partial charge in [0.15, 0.2) is 6.10 Å². The highest BCUT2D eigenvalue weighted by Gasteiger charge is 2.18. The zero-order valence-electron chi connectivity index (χ0n) is 8.40. The van der Waals surface area contributed by atoms with E-state index < -0.39 is 6.10 Å². The number of rotatable bonds is 4.